The minimum atomic E-state index is -0.955. The van der Waals surface area contributed by atoms with Crippen LogP contribution in [-0.4, -0.2) is 46.4 Å². The van der Waals surface area contributed by atoms with Gasteiger partial charge in [0.15, 0.2) is 5.84 Å². The lowest BCUT2D eigenvalue weighted by molar-refractivity contribution is -0.158. The summed E-state index contributed by atoms with van der Waals surface area (Å²) >= 11 is 0. The van der Waals surface area contributed by atoms with Crippen molar-refractivity contribution in [3.63, 3.8) is 0 Å². The minimum Gasteiger partial charge on any atom is -0.409 e. The zero-order valence-corrected chi connectivity index (χ0v) is 12.1. The second kappa shape index (κ2) is 4.64. The quantitative estimate of drug-likeness (QED) is 0.284. The Hall–Kier alpha value is -1.79. The molecule has 0 bridgehead atoms. The number of oxime groups is 1. The van der Waals surface area contributed by atoms with Crippen LogP contribution in [0.15, 0.2) is 5.16 Å². The molecule has 1 saturated carbocycles. The molecule has 1 aliphatic heterocycles. The highest BCUT2D eigenvalue weighted by Crippen LogP contribution is 2.48. The van der Waals surface area contributed by atoms with Gasteiger partial charge in [0, 0.05) is 13.1 Å². The Balaban J connectivity index is 2.31. The van der Waals surface area contributed by atoms with E-state index < -0.39 is 11.0 Å². The molecule has 1 saturated heterocycles. The van der Waals surface area contributed by atoms with E-state index in [0.29, 0.717) is 31.8 Å². The lowest BCUT2D eigenvalue weighted by Gasteiger charge is -2.50. The number of nitrogens with one attached hydrogen (secondary N) is 1. The number of amides is 2. The molecule has 0 aromatic heterocycles. The Morgan fingerprint density at radius 2 is 2.10 bits per heavy atom. The van der Waals surface area contributed by atoms with Crippen molar-refractivity contribution >= 4 is 17.6 Å². The molecular formula is C13H22N4O3. The van der Waals surface area contributed by atoms with Crippen molar-refractivity contribution in [3.05, 3.63) is 0 Å². The van der Waals surface area contributed by atoms with E-state index in [4.69, 9.17) is 10.9 Å². The van der Waals surface area contributed by atoms with Crippen LogP contribution >= 0.6 is 0 Å². The van der Waals surface area contributed by atoms with Gasteiger partial charge in [-0.1, -0.05) is 12.1 Å². The lowest BCUT2D eigenvalue weighted by Crippen LogP contribution is -2.68. The van der Waals surface area contributed by atoms with Gasteiger partial charge >= 0.3 is 0 Å². The van der Waals surface area contributed by atoms with Crippen molar-refractivity contribution < 1.29 is 14.8 Å². The summed E-state index contributed by atoms with van der Waals surface area (Å²) in [5, 5.41) is 14.8. The predicted octanol–water partition coefficient (Wildman–Crippen LogP) is -0.114. The van der Waals surface area contributed by atoms with E-state index in [0.717, 1.165) is 0 Å². The molecule has 2 fully saturated rings. The van der Waals surface area contributed by atoms with E-state index in [1.807, 2.05) is 6.92 Å². The van der Waals surface area contributed by atoms with Crippen molar-refractivity contribution in [1.29, 1.82) is 0 Å². The Labute approximate surface area is 118 Å². The van der Waals surface area contributed by atoms with Gasteiger partial charge in [0.05, 0.1) is 0 Å². The number of nitrogens with zero attached hydrogens (tertiary/aromatic N) is 2. The summed E-state index contributed by atoms with van der Waals surface area (Å²) in [5.41, 5.74) is 3.88. The molecule has 7 nitrogen and oxygen atoms in total. The third-order valence-electron chi connectivity index (χ3n) is 4.50. The maximum atomic E-state index is 12.9. The van der Waals surface area contributed by atoms with Gasteiger partial charge in [-0.05, 0) is 32.6 Å². The van der Waals surface area contributed by atoms with Crippen LogP contribution < -0.4 is 11.1 Å². The predicted molar refractivity (Wildman–Crippen MR) is 73.0 cm³/mol. The van der Waals surface area contributed by atoms with Crippen molar-refractivity contribution in [2.75, 3.05) is 13.1 Å². The Morgan fingerprint density at radius 3 is 2.60 bits per heavy atom. The Morgan fingerprint density at radius 1 is 1.50 bits per heavy atom. The van der Waals surface area contributed by atoms with E-state index in [9.17, 15) is 9.59 Å². The zero-order valence-electron chi connectivity index (χ0n) is 12.1. The average Bonchev–Trinajstić information content (AvgIpc) is 2.36. The maximum Gasteiger partial charge on any atom is 0.245 e. The highest BCUT2D eigenvalue weighted by Gasteiger charge is 2.56. The van der Waals surface area contributed by atoms with Crippen LogP contribution in [0.5, 0.6) is 0 Å². The van der Waals surface area contributed by atoms with Crippen molar-refractivity contribution in [2.45, 2.75) is 39.2 Å². The van der Waals surface area contributed by atoms with Crippen molar-refractivity contribution in [1.82, 2.24) is 10.2 Å². The molecule has 2 aliphatic rings. The van der Waals surface area contributed by atoms with Crippen LogP contribution in [0.3, 0.4) is 0 Å². The second-order valence-corrected chi connectivity index (χ2v) is 6.35. The van der Waals surface area contributed by atoms with Gasteiger partial charge in [0.1, 0.15) is 11.0 Å². The highest BCUT2D eigenvalue weighted by atomic mass is 16.4. The number of hydrogen-bond donors (Lipinski definition) is 3. The normalized spacial score (nSPS) is 33.4. The fourth-order valence-corrected chi connectivity index (χ4v) is 3.23. The van der Waals surface area contributed by atoms with Gasteiger partial charge in [0.25, 0.3) is 0 Å². The van der Waals surface area contributed by atoms with Crippen LogP contribution in [0.2, 0.25) is 0 Å². The number of piperazine rings is 1. The number of amidine groups is 1. The van der Waals surface area contributed by atoms with E-state index in [2.05, 4.69) is 10.5 Å². The molecule has 0 spiro atoms. The molecule has 2 rings (SSSR count). The largest absolute Gasteiger partial charge is 0.409 e. The number of nitrogens with two attached hydrogens (primary N) is 1. The van der Waals surface area contributed by atoms with Crippen LogP contribution in [0.1, 0.15) is 33.6 Å². The minimum absolute atomic E-state index is 0.0534. The molecule has 4 N–H and O–H groups in total. The molecule has 0 aromatic rings. The number of rotatable bonds is 2. The van der Waals surface area contributed by atoms with Crippen molar-refractivity contribution in [3.8, 4) is 0 Å². The highest BCUT2D eigenvalue weighted by molar-refractivity contribution is 6.09. The fourth-order valence-electron chi connectivity index (χ4n) is 3.23. The maximum absolute atomic E-state index is 12.9. The average molecular weight is 282 g/mol. The smallest absolute Gasteiger partial charge is 0.245 e. The monoisotopic (exact) mass is 282 g/mol. The van der Waals surface area contributed by atoms with Gasteiger partial charge in [-0.2, -0.15) is 0 Å². The first-order valence-corrected chi connectivity index (χ1v) is 6.84. The fraction of sp³-hybridized carbons (Fsp3) is 0.769. The molecule has 0 radical (unpaired) electrons. The third kappa shape index (κ3) is 1.92. The Bertz CT molecular complexity index is 466. The number of carbonyl (C=O) groups excluding carboxylic acids is 2. The van der Waals surface area contributed by atoms with Gasteiger partial charge in [-0.3, -0.25) is 9.59 Å². The Kier molecular flexibility index (Phi) is 3.39. The van der Waals surface area contributed by atoms with E-state index in [1.165, 1.54) is 0 Å². The van der Waals surface area contributed by atoms with E-state index in [-0.39, 0.29) is 17.6 Å². The third-order valence-corrected chi connectivity index (χ3v) is 4.50. The molecular weight excluding hydrogens is 260 g/mol. The van der Waals surface area contributed by atoms with Gasteiger partial charge in [-0.15, -0.1) is 0 Å². The second-order valence-electron chi connectivity index (χ2n) is 6.35. The number of carbonyl (C=O) groups is 2. The summed E-state index contributed by atoms with van der Waals surface area (Å²) < 4.78 is 0. The SMILES string of the molecule is CC1CC(C(=O)N2CCNC(=O)C2(C)C)(C(N)=NO)C1. The summed E-state index contributed by atoms with van der Waals surface area (Å²) in [5.74, 6) is -0.103. The summed E-state index contributed by atoms with van der Waals surface area (Å²) in [6.45, 7) is 6.30. The molecule has 1 heterocycles. The summed E-state index contributed by atoms with van der Waals surface area (Å²) in [6, 6.07) is 0. The molecule has 0 atom stereocenters. The first-order chi connectivity index (χ1) is 9.25. The lowest BCUT2D eigenvalue weighted by atomic mass is 9.60. The van der Waals surface area contributed by atoms with Gasteiger partial charge in [0.2, 0.25) is 11.8 Å². The van der Waals surface area contributed by atoms with Crippen molar-refractivity contribution in [2.24, 2.45) is 22.2 Å². The molecule has 0 unspecified atom stereocenters. The topological polar surface area (TPSA) is 108 Å². The standard InChI is InChI=1S/C13H22N4O3/c1-8-6-13(7-8,9(14)16-20)11(19)17-5-4-15-10(18)12(17,2)3/h8,20H,4-7H2,1-3H3,(H2,14,16)(H,15,18). The molecule has 112 valence electrons. The number of hydrogen-bond acceptors (Lipinski definition) is 4. The van der Waals surface area contributed by atoms with Crippen LogP contribution in [0, 0.1) is 11.3 Å². The molecule has 20 heavy (non-hydrogen) atoms. The van der Waals surface area contributed by atoms with Crippen LogP contribution in [0.25, 0.3) is 0 Å². The molecule has 0 aromatic carbocycles. The molecule has 2 amide bonds. The van der Waals surface area contributed by atoms with Gasteiger partial charge in [-0.25, -0.2) is 0 Å². The van der Waals surface area contributed by atoms with E-state index >= 15 is 0 Å². The summed E-state index contributed by atoms with van der Waals surface area (Å²) in [4.78, 5) is 26.4. The first-order valence-electron chi connectivity index (χ1n) is 6.84. The van der Waals surface area contributed by atoms with E-state index in [1.54, 1.807) is 18.7 Å². The van der Waals surface area contributed by atoms with Crippen LogP contribution in [-0.2, 0) is 9.59 Å². The van der Waals surface area contributed by atoms with Gasteiger partial charge < -0.3 is 21.2 Å². The molecule has 7 heteroatoms. The first kappa shape index (κ1) is 14.6. The zero-order chi connectivity index (χ0) is 15.1. The summed E-state index contributed by atoms with van der Waals surface area (Å²) in [6.07, 6.45) is 1.10. The van der Waals surface area contributed by atoms with Crippen LogP contribution in [0.4, 0.5) is 0 Å². The molecule has 1 aliphatic carbocycles. The summed E-state index contributed by atoms with van der Waals surface area (Å²) in [7, 11) is 0.